The fourth-order valence-corrected chi connectivity index (χ4v) is 3.14. The molecule has 5 heteroatoms. The van der Waals surface area contributed by atoms with Crippen LogP contribution in [-0.2, 0) is 10.5 Å². The lowest BCUT2D eigenvalue weighted by Crippen LogP contribution is -2.44. The summed E-state index contributed by atoms with van der Waals surface area (Å²) >= 11 is 1.71. The van der Waals surface area contributed by atoms with Gasteiger partial charge in [0.2, 0.25) is 5.91 Å². The minimum absolute atomic E-state index is 0.0434. The first kappa shape index (κ1) is 15.9. The molecule has 1 aromatic rings. The predicted octanol–water partition coefficient (Wildman–Crippen LogP) is 2.89. The van der Waals surface area contributed by atoms with Crippen LogP contribution in [0.3, 0.4) is 0 Å². The Morgan fingerprint density at radius 3 is 2.67 bits per heavy atom. The van der Waals surface area contributed by atoms with Gasteiger partial charge < -0.3 is 0 Å². The molecule has 2 rings (SSSR count). The highest BCUT2D eigenvalue weighted by atomic mass is 32.2. The number of hydrogen-bond acceptors (Lipinski definition) is 3. The van der Waals surface area contributed by atoms with Crippen molar-refractivity contribution in [3.63, 3.8) is 0 Å². The summed E-state index contributed by atoms with van der Waals surface area (Å²) in [5, 5.41) is 0. The first-order valence-corrected chi connectivity index (χ1v) is 8.78. The molecule has 0 atom stereocenters. The van der Waals surface area contributed by atoms with Crippen LogP contribution in [0.1, 0.15) is 48.0 Å². The number of benzene rings is 1. The van der Waals surface area contributed by atoms with Crippen LogP contribution in [0.25, 0.3) is 0 Å². The Balaban J connectivity index is 1.86. The summed E-state index contributed by atoms with van der Waals surface area (Å²) in [5.74, 6) is 0.586. The maximum absolute atomic E-state index is 12.1. The molecule has 0 saturated heterocycles. The van der Waals surface area contributed by atoms with E-state index in [9.17, 15) is 9.59 Å². The van der Waals surface area contributed by atoms with Crippen molar-refractivity contribution in [1.29, 1.82) is 0 Å². The van der Waals surface area contributed by atoms with Gasteiger partial charge in [0, 0.05) is 17.2 Å². The summed E-state index contributed by atoms with van der Waals surface area (Å²) in [6.07, 6.45) is 7.27. The van der Waals surface area contributed by atoms with Gasteiger partial charge in [0.15, 0.2) is 0 Å². The van der Waals surface area contributed by atoms with Crippen molar-refractivity contribution in [3.8, 4) is 0 Å². The smallest absolute Gasteiger partial charge is 0.269 e. The van der Waals surface area contributed by atoms with Crippen molar-refractivity contribution in [1.82, 2.24) is 10.9 Å². The summed E-state index contributed by atoms with van der Waals surface area (Å²) in [6.45, 7) is 0. The van der Waals surface area contributed by atoms with E-state index in [1.165, 1.54) is 6.42 Å². The largest absolute Gasteiger partial charge is 0.273 e. The summed E-state index contributed by atoms with van der Waals surface area (Å²) in [6, 6.07) is 7.47. The van der Waals surface area contributed by atoms with Crippen LogP contribution in [0.2, 0.25) is 0 Å². The third kappa shape index (κ3) is 4.77. The second kappa shape index (κ2) is 8.08. The van der Waals surface area contributed by atoms with Crippen LogP contribution in [0, 0.1) is 5.92 Å². The van der Waals surface area contributed by atoms with E-state index in [1.807, 2.05) is 24.5 Å². The van der Waals surface area contributed by atoms with Gasteiger partial charge in [-0.25, -0.2) is 0 Å². The molecule has 4 nitrogen and oxygen atoms in total. The number of carbonyl (C=O) groups is 2. The van der Waals surface area contributed by atoms with Crippen molar-refractivity contribution in [2.45, 2.75) is 37.9 Å². The fraction of sp³-hybridized carbons (Fsp3) is 0.500. The number of hydrazine groups is 1. The van der Waals surface area contributed by atoms with E-state index >= 15 is 0 Å². The Morgan fingerprint density at radius 2 is 1.95 bits per heavy atom. The lowest BCUT2D eigenvalue weighted by molar-refractivity contribution is -0.126. The van der Waals surface area contributed by atoms with Crippen molar-refractivity contribution >= 4 is 23.6 Å². The minimum atomic E-state index is -0.262. The average Bonchev–Trinajstić information content (AvgIpc) is 2.53. The Labute approximate surface area is 130 Å². The molecule has 0 bridgehead atoms. The van der Waals surface area contributed by atoms with Crippen molar-refractivity contribution < 1.29 is 9.59 Å². The first-order chi connectivity index (χ1) is 10.2. The Bertz CT molecular complexity index is 499. The van der Waals surface area contributed by atoms with Crippen LogP contribution in [0.15, 0.2) is 24.3 Å². The molecule has 0 aromatic heterocycles. The molecule has 1 aliphatic rings. The van der Waals surface area contributed by atoms with Crippen LogP contribution < -0.4 is 10.9 Å². The molecule has 0 spiro atoms. The van der Waals surface area contributed by atoms with E-state index in [-0.39, 0.29) is 17.7 Å². The molecule has 1 saturated carbocycles. The van der Waals surface area contributed by atoms with Gasteiger partial charge in [0.25, 0.3) is 5.91 Å². The van der Waals surface area contributed by atoms with E-state index in [0.717, 1.165) is 37.0 Å². The topological polar surface area (TPSA) is 58.2 Å². The molecule has 0 aliphatic heterocycles. The summed E-state index contributed by atoms with van der Waals surface area (Å²) in [4.78, 5) is 24.0. The van der Waals surface area contributed by atoms with Gasteiger partial charge in [0.05, 0.1) is 0 Å². The Kier molecular flexibility index (Phi) is 6.11. The lowest BCUT2D eigenvalue weighted by Gasteiger charge is -2.20. The fourth-order valence-electron chi connectivity index (χ4n) is 2.63. The van der Waals surface area contributed by atoms with Gasteiger partial charge in [-0.2, -0.15) is 11.8 Å². The highest BCUT2D eigenvalue weighted by molar-refractivity contribution is 7.97. The number of hydrogen-bond donors (Lipinski definition) is 2. The molecule has 0 heterocycles. The molecular weight excluding hydrogens is 284 g/mol. The molecule has 21 heavy (non-hydrogen) atoms. The molecule has 1 fully saturated rings. The maximum atomic E-state index is 12.1. The van der Waals surface area contributed by atoms with E-state index in [4.69, 9.17) is 0 Å². The van der Waals surface area contributed by atoms with Crippen molar-refractivity contribution in [2.24, 2.45) is 5.92 Å². The molecular formula is C16H22N2O2S. The van der Waals surface area contributed by atoms with Crippen LogP contribution >= 0.6 is 11.8 Å². The highest BCUT2D eigenvalue weighted by Gasteiger charge is 2.21. The van der Waals surface area contributed by atoms with E-state index in [1.54, 1.807) is 17.8 Å². The molecule has 2 N–H and O–H groups in total. The first-order valence-electron chi connectivity index (χ1n) is 7.39. The van der Waals surface area contributed by atoms with Crippen LogP contribution in [0.4, 0.5) is 0 Å². The van der Waals surface area contributed by atoms with Gasteiger partial charge >= 0.3 is 0 Å². The molecule has 0 radical (unpaired) electrons. The summed E-state index contributed by atoms with van der Waals surface area (Å²) < 4.78 is 0. The zero-order chi connectivity index (χ0) is 15.1. The second-order valence-electron chi connectivity index (χ2n) is 5.41. The standard InChI is InChI=1S/C16H22N2O2S/c1-21-11-12-6-5-9-14(10-12)16(20)18-17-15(19)13-7-3-2-4-8-13/h5-6,9-10,13H,2-4,7-8,11H2,1H3,(H,17,19)(H,18,20). The average molecular weight is 306 g/mol. The van der Waals surface area contributed by atoms with Gasteiger partial charge in [-0.3, -0.25) is 20.4 Å². The number of rotatable bonds is 4. The Hall–Kier alpha value is -1.49. The number of thioether (sulfide) groups is 1. The lowest BCUT2D eigenvalue weighted by atomic mass is 9.89. The molecule has 0 unspecified atom stereocenters. The summed E-state index contributed by atoms with van der Waals surface area (Å²) in [7, 11) is 0. The maximum Gasteiger partial charge on any atom is 0.269 e. The zero-order valence-corrected chi connectivity index (χ0v) is 13.2. The van der Waals surface area contributed by atoms with Crippen molar-refractivity contribution in [3.05, 3.63) is 35.4 Å². The molecule has 114 valence electrons. The predicted molar refractivity (Wildman–Crippen MR) is 85.8 cm³/mol. The van der Waals surface area contributed by atoms with E-state index < -0.39 is 0 Å². The molecule has 2 amide bonds. The molecule has 1 aromatic carbocycles. The third-order valence-electron chi connectivity index (χ3n) is 3.78. The van der Waals surface area contributed by atoms with Crippen LogP contribution in [0.5, 0.6) is 0 Å². The minimum Gasteiger partial charge on any atom is -0.273 e. The van der Waals surface area contributed by atoms with Gasteiger partial charge in [-0.15, -0.1) is 0 Å². The third-order valence-corrected chi connectivity index (χ3v) is 4.40. The number of nitrogens with one attached hydrogen (secondary N) is 2. The van der Waals surface area contributed by atoms with Crippen molar-refractivity contribution in [2.75, 3.05) is 6.26 Å². The van der Waals surface area contributed by atoms with Crippen LogP contribution in [-0.4, -0.2) is 18.1 Å². The zero-order valence-electron chi connectivity index (χ0n) is 12.4. The van der Waals surface area contributed by atoms with Gasteiger partial charge in [-0.1, -0.05) is 31.4 Å². The number of carbonyl (C=O) groups excluding carboxylic acids is 2. The number of amides is 2. The highest BCUT2D eigenvalue weighted by Crippen LogP contribution is 2.23. The normalized spacial score (nSPS) is 15.5. The second-order valence-corrected chi connectivity index (χ2v) is 6.28. The Morgan fingerprint density at radius 1 is 1.19 bits per heavy atom. The van der Waals surface area contributed by atoms with E-state index in [2.05, 4.69) is 10.9 Å². The van der Waals surface area contributed by atoms with Gasteiger partial charge in [-0.05, 0) is 36.8 Å². The monoisotopic (exact) mass is 306 g/mol. The molecule has 1 aliphatic carbocycles. The van der Waals surface area contributed by atoms with E-state index in [0.29, 0.717) is 5.56 Å². The van der Waals surface area contributed by atoms with Gasteiger partial charge in [0.1, 0.15) is 0 Å². The quantitative estimate of drug-likeness (QED) is 0.841. The summed E-state index contributed by atoms with van der Waals surface area (Å²) in [5.41, 5.74) is 6.76. The SMILES string of the molecule is CSCc1cccc(C(=O)NNC(=O)C2CCCCC2)c1.